The van der Waals surface area contributed by atoms with Crippen molar-refractivity contribution in [3.05, 3.63) is 70.8 Å². The predicted molar refractivity (Wildman–Crippen MR) is 113 cm³/mol. The van der Waals surface area contributed by atoms with Crippen LogP contribution >= 0.6 is 0 Å². The number of hydrogen-bond donors (Lipinski definition) is 1. The number of ether oxygens (including phenoxy) is 1. The molecule has 2 unspecified atom stereocenters. The third-order valence-electron chi connectivity index (χ3n) is 6.58. The molecule has 2 aromatic carbocycles. The zero-order chi connectivity index (χ0) is 21.4. The van der Waals surface area contributed by atoms with Crippen LogP contribution in [0.15, 0.2) is 48.5 Å². The highest BCUT2D eigenvalue weighted by molar-refractivity contribution is 7.80. The Hall–Kier alpha value is -1.77. The van der Waals surface area contributed by atoms with Crippen molar-refractivity contribution in [3.63, 3.8) is 0 Å². The van der Waals surface area contributed by atoms with Crippen molar-refractivity contribution in [3.8, 4) is 0 Å². The number of fused-ring (bicyclic) bond motifs is 1. The lowest BCUT2D eigenvalue weighted by atomic mass is 9.61. The summed E-state index contributed by atoms with van der Waals surface area (Å²) in [4.78, 5) is 0. The van der Waals surface area contributed by atoms with E-state index in [1.807, 2.05) is 0 Å². The van der Waals surface area contributed by atoms with E-state index in [1.54, 1.807) is 0 Å². The third-order valence-corrected chi connectivity index (χ3v) is 6.99. The summed E-state index contributed by atoms with van der Waals surface area (Å²) < 4.78 is 38.0. The van der Waals surface area contributed by atoms with Crippen molar-refractivity contribution in [2.45, 2.75) is 56.3 Å². The molecule has 0 aromatic heterocycles. The van der Waals surface area contributed by atoms with Crippen molar-refractivity contribution < 1.29 is 21.9 Å². The molecule has 4 aliphatic rings. The molecule has 1 saturated heterocycles. The van der Waals surface area contributed by atoms with Gasteiger partial charge in [-0.2, -0.15) is 0 Å². The van der Waals surface area contributed by atoms with Crippen LogP contribution < -0.4 is 5.32 Å². The van der Waals surface area contributed by atoms with Gasteiger partial charge in [-0.25, -0.2) is 8.42 Å². The minimum atomic E-state index is -4.41. The second-order valence-electron chi connectivity index (χ2n) is 8.19. The van der Waals surface area contributed by atoms with Crippen LogP contribution in [0.5, 0.6) is 0 Å². The fraction of sp³-hybridized carbons (Fsp3) is 0.478. The van der Waals surface area contributed by atoms with Gasteiger partial charge in [-0.3, -0.25) is 4.18 Å². The molecular formula is C23H28NO5S-. The van der Waals surface area contributed by atoms with Gasteiger partial charge in [-0.05, 0) is 61.4 Å². The highest BCUT2D eigenvalue weighted by Crippen LogP contribution is 2.57. The third kappa shape index (κ3) is 3.92. The number of hydrogen-bond acceptors (Lipinski definition) is 6. The van der Waals surface area contributed by atoms with Gasteiger partial charge in [-0.1, -0.05) is 48.5 Å². The van der Waals surface area contributed by atoms with Crippen molar-refractivity contribution in [1.29, 1.82) is 0 Å². The summed E-state index contributed by atoms with van der Waals surface area (Å²) in [5, 5.41) is 3.62. The lowest BCUT2D eigenvalue weighted by molar-refractivity contribution is -0.0923. The average Bonchev–Trinajstić information content (AvgIpc) is 3.30. The fourth-order valence-electron chi connectivity index (χ4n) is 5.28. The van der Waals surface area contributed by atoms with E-state index in [1.165, 1.54) is 41.5 Å². The largest absolute Gasteiger partial charge is 0.726 e. The van der Waals surface area contributed by atoms with Crippen molar-refractivity contribution in [1.82, 2.24) is 5.32 Å². The van der Waals surface area contributed by atoms with Crippen LogP contribution in [0.2, 0.25) is 0 Å². The number of benzene rings is 2. The monoisotopic (exact) mass is 430 g/mol. The van der Waals surface area contributed by atoms with E-state index < -0.39 is 10.4 Å². The van der Waals surface area contributed by atoms with Crippen LogP contribution in [-0.2, 0) is 24.9 Å². The molecular weight excluding hydrogens is 402 g/mol. The Bertz CT molecular complexity index is 953. The highest BCUT2D eigenvalue weighted by Gasteiger charge is 2.50. The zero-order valence-corrected chi connectivity index (χ0v) is 18.2. The standard InChI is InChI=1S/C22H25NO.CH4O4S/c1-15(21-11-6-14-23-21)24-22-13-12-16(17-7-2-4-9-19(17)22)18-8-3-5-10-20(18)22;1-5-6(2,3)4/h2-5,7-10,15-16,21,23H,6,11-14H2,1H3;1H3,(H,2,3,4)/p-1. The molecule has 0 spiro atoms. The Balaban J connectivity index is 0.000000322. The highest BCUT2D eigenvalue weighted by atomic mass is 32.3. The first-order valence-electron chi connectivity index (χ1n) is 10.5. The van der Waals surface area contributed by atoms with Gasteiger partial charge in [0.15, 0.2) is 0 Å². The molecule has 0 radical (unpaired) electrons. The Morgan fingerprint density at radius 2 is 1.63 bits per heavy atom. The summed E-state index contributed by atoms with van der Waals surface area (Å²) in [7, 11) is -3.60. The van der Waals surface area contributed by atoms with E-state index in [-0.39, 0.29) is 11.7 Å². The minimum Gasteiger partial charge on any atom is -0.726 e. The molecule has 2 atom stereocenters. The number of nitrogens with one attached hydrogen (secondary N) is 1. The van der Waals surface area contributed by atoms with E-state index in [4.69, 9.17) is 4.74 Å². The zero-order valence-electron chi connectivity index (χ0n) is 17.3. The Morgan fingerprint density at radius 1 is 1.07 bits per heavy atom. The van der Waals surface area contributed by atoms with Crippen LogP contribution in [0.1, 0.15) is 60.8 Å². The summed E-state index contributed by atoms with van der Waals surface area (Å²) >= 11 is 0. The minimum absolute atomic E-state index is 0.225. The maximum atomic E-state index is 9.22. The summed E-state index contributed by atoms with van der Waals surface area (Å²) in [6.45, 7) is 3.38. The Labute approximate surface area is 178 Å². The van der Waals surface area contributed by atoms with Crippen LogP contribution in [0.3, 0.4) is 0 Å². The molecule has 1 N–H and O–H groups in total. The van der Waals surface area contributed by atoms with Gasteiger partial charge in [0.25, 0.3) is 0 Å². The van der Waals surface area contributed by atoms with E-state index in [2.05, 4.69) is 65.0 Å². The summed E-state index contributed by atoms with van der Waals surface area (Å²) in [6.07, 6.45) is 5.01. The molecule has 1 fully saturated rings. The van der Waals surface area contributed by atoms with E-state index >= 15 is 0 Å². The predicted octanol–water partition coefficient (Wildman–Crippen LogP) is 3.42. The second kappa shape index (κ2) is 8.40. The summed E-state index contributed by atoms with van der Waals surface area (Å²) in [6, 6.07) is 18.4. The van der Waals surface area contributed by atoms with E-state index in [9.17, 15) is 13.0 Å². The van der Waals surface area contributed by atoms with Gasteiger partial charge in [0.2, 0.25) is 10.4 Å². The van der Waals surface area contributed by atoms with Crippen LogP contribution in [0.25, 0.3) is 0 Å². The molecule has 162 valence electrons. The van der Waals surface area contributed by atoms with Crippen LogP contribution in [0, 0.1) is 0 Å². The molecule has 2 aromatic rings. The maximum absolute atomic E-state index is 9.22. The molecule has 3 aliphatic carbocycles. The number of rotatable bonds is 4. The first-order valence-corrected chi connectivity index (χ1v) is 11.8. The molecule has 0 saturated carbocycles. The lowest BCUT2D eigenvalue weighted by Gasteiger charge is -2.50. The summed E-state index contributed by atoms with van der Waals surface area (Å²) in [5.41, 5.74) is 5.52. The van der Waals surface area contributed by atoms with Crippen LogP contribution in [0.4, 0.5) is 0 Å². The normalized spacial score (nSPS) is 27.6. The maximum Gasteiger partial charge on any atom is 0.217 e. The smallest absolute Gasteiger partial charge is 0.217 e. The van der Waals surface area contributed by atoms with Crippen LogP contribution in [-0.4, -0.2) is 38.8 Å². The Morgan fingerprint density at radius 3 is 2.13 bits per heavy atom. The van der Waals surface area contributed by atoms with Gasteiger partial charge in [0.1, 0.15) is 5.60 Å². The first kappa shape index (κ1) is 21.5. The van der Waals surface area contributed by atoms with E-state index in [0.29, 0.717) is 12.0 Å². The fourth-order valence-corrected chi connectivity index (χ4v) is 5.28. The van der Waals surface area contributed by atoms with Gasteiger partial charge in [-0.15, -0.1) is 0 Å². The van der Waals surface area contributed by atoms with Gasteiger partial charge >= 0.3 is 0 Å². The molecule has 0 amide bonds. The van der Waals surface area contributed by atoms with Crippen molar-refractivity contribution in [2.24, 2.45) is 0 Å². The quantitative estimate of drug-likeness (QED) is 0.591. The lowest BCUT2D eigenvalue weighted by Crippen LogP contribution is -2.47. The molecule has 6 rings (SSSR count). The summed E-state index contributed by atoms with van der Waals surface area (Å²) in [5.74, 6) is 0.544. The molecule has 30 heavy (non-hydrogen) atoms. The molecule has 7 heteroatoms. The molecule has 1 heterocycles. The topological polar surface area (TPSA) is 87.7 Å². The molecule has 6 nitrogen and oxygen atoms in total. The van der Waals surface area contributed by atoms with Crippen molar-refractivity contribution >= 4 is 10.4 Å². The van der Waals surface area contributed by atoms with E-state index in [0.717, 1.165) is 20.1 Å². The molecule has 2 bridgehead atoms. The Kier molecular flexibility index (Phi) is 6.01. The second-order valence-corrected chi connectivity index (χ2v) is 9.34. The molecule has 1 aliphatic heterocycles. The van der Waals surface area contributed by atoms with Gasteiger partial charge < -0.3 is 14.6 Å². The van der Waals surface area contributed by atoms with Gasteiger partial charge in [0, 0.05) is 12.0 Å². The SMILES string of the molecule is CC(OC12CCC(c3ccccc31)c1ccccc12)C1CCCN1.COS(=O)(=O)[O-]. The van der Waals surface area contributed by atoms with Crippen molar-refractivity contribution in [2.75, 3.05) is 13.7 Å². The average molecular weight is 431 g/mol. The first-order chi connectivity index (χ1) is 14.4. The van der Waals surface area contributed by atoms with Gasteiger partial charge in [0.05, 0.1) is 13.2 Å².